The van der Waals surface area contributed by atoms with Gasteiger partial charge in [-0.3, -0.25) is 4.90 Å². The van der Waals surface area contributed by atoms with Crippen LogP contribution in [0.3, 0.4) is 0 Å². The van der Waals surface area contributed by atoms with Crippen molar-refractivity contribution >= 4 is 22.8 Å². The number of nitrogens with one attached hydrogen (secondary N) is 3. The van der Waals surface area contributed by atoms with Crippen molar-refractivity contribution < 1.29 is 45.0 Å². The van der Waals surface area contributed by atoms with Crippen molar-refractivity contribution in [2.75, 3.05) is 44.7 Å². The van der Waals surface area contributed by atoms with Crippen LogP contribution < -0.4 is 15.4 Å². The van der Waals surface area contributed by atoms with Gasteiger partial charge in [0.1, 0.15) is 17.0 Å². The Morgan fingerprint density at radius 3 is 2.49 bits per heavy atom. The quantitative estimate of drug-likeness (QED) is 0.387. The third kappa shape index (κ3) is 6.22. The Morgan fingerprint density at radius 2 is 1.81 bits per heavy atom. The highest BCUT2D eigenvalue weighted by molar-refractivity contribution is 5.90. The summed E-state index contributed by atoms with van der Waals surface area (Å²) in [5.74, 6) is -3.59. The van der Waals surface area contributed by atoms with Crippen LogP contribution in [0, 0.1) is 5.82 Å². The molecule has 0 aliphatic carbocycles. The van der Waals surface area contributed by atoms with Gasteiger partial charge in [0.25, 0.3) is 0 Å². The number of amides is 2. The van der Waals surface area contributed by atoms with E-state index in [0.717, 1.165) is 12.3 Å². The van der Waals surface area contributed by atoms with E-state index in [0.29, 0.717) is 51.2 Å². The zero-order valence-electron chi connectivity index (χ0n) is 18.9. The summed E-state index contributed by atoms with van der Waals surface area (Å²) in [6.07, 6.45) is -8.47. The first-order valence-electron chi connectivity index (χ1n) is 10.9. The van der Waals surface area contributed by atoms with Crippen LogP contribution in [0.15, 0.2) is 30.6 Å². The molecule has 0 unspecified atom stereocenters. The van der Waals surface area contributed by atoms with Crippen molar-refractivity contribution in [3.05, 3.63) is 47.5 Å². The van der Waals surface area contributed by atoms with E-state index in [1.807, 2.05) is 4.90 Å². The van der Waals surface area contributed by atoms with Crippen molar-refractivity contribution in [2.45, 2.75) is 12.4 Å². The molecule has 3 heterocycles. The van der Waals surface area contributed by atoms with Crippen molar-refractivity contribution in [3.8, 4) is 11.5 Å². The highest BCUT2D eigenvalue weighted by Crippen LogP contribution is 2.44. The van der Waals surface area contributed by atoms with Crippen LogP contribution in [0.5, 0.6) is 11.5 Å². The summed E-state index contributed by atoms with van der Waals surface area (Å²) in [6.45, 7) is 3.09. The number of hydrogen-bond acceptors (Lipinski definition) is 5. The minimum Gasteiger partial charge on any atom is -0.453 e. The van der Waals surface area contributed by atoms with E-state index in [1.165, 1.54) is 0 Å². The number of halogens is 7. The maximum Gasteiger partial charge on any atom is 0.420 e. The Kier molecular flexibility index (Phi) is 7.45. The molecule has 200 valence electrons. The number of aromatic amines is 1. The fraction of sp³-hybridized carbons (Fsp3) is 0.364. The van der Waals surface area contributed by atoms with Gasteiger partial charge in [0.2, 0.25) is 0 Å². The topological polar surface area (TPSA) is 91.5 Å². The molecule has 37 heavy (non-hydrogen) atoms. The van der Waals surface area contributed by atoms with Gasteiger partial charge in [-0.2, -0.15) is 26.3 Å². The van der Waals surface area contributed by atoms with E-state index in [2.05, 4.69) is 20.6 Å². The molecule has 0 radical (unpaired) electrons. The van der Waals surface area contributed by atoms with Gasteiger partial charge in [-0.05, 0) is 12.1 Å². The molecule has 3 N–H and O–H groups in total. The fourth-order valence-electron chi connectivity index (χ4n) is 3.75. The molecule has 4 rings (SSSR count). The highest BCUT2D eigenvalue weighted by atomic mass is 19.4. The third-order valence-electron chi connectivity index (χ3n) is 5.48. The Hall–Kier alpha value is -3.59. The molecule has 15 heteroatoms. The van der Waals surface area contributed by atoms with Gasteiger partial charge >= 0.3 is 18.4 Å². The summed E-state index contributed by atoms with van der Waals surface area (Å²) in [5.41, 5.74) is -3.72. The number of aromatic nitrogens is 2. The number of carbonyl (C=O) groups excluding carboxylic acids is 1. The molecular formula is C22H20F7N5O3. The number of carbonyl (C=O) groups is 1. The highest BCUT2D eigenvalue weighted by Gasteiger charge is 2.39. The number of H-pyrrole nitrogens is 1. The van der Waals surface area contributed by atoms with Gasteiger partial charge in [0.15, 0.2) is 11.6 Å². The maximum atomic E-state index is 14.9. The van der Waals surface area contributed by atoms with Crippen LogP contribution in [0.25, 0.3) is 11.0 Å². The molecule has 0 saturated carbocycles. The summed E-state index contributed by atoms with van der Waals surface area (Å²) < 4.78 is 107. The average molecular weight is 535 g/mol. The first kappa shape index (κ1) is 26.5. The molecule has 1 saturated heterocycles. The van der Waals surface area contributed by atoms with Crippen LogP contribution in [-0.4, -0.2) is 60.3 Å². The number of rotatable bonds is 6. The average Bonchev–Trinajstić information content (AvgIpc) is 3.26. The normalized spacial score (nSPS) is 15.1. The van der Waals surface area contributed by atoms with Crippen LogP contribution in [0.1, 0.15) is 11.1 Å². The third-order valence-corrected chi connectivity index (χ3v) is 5.48. The lowest BCUT2D eigenvalue weighted by atomic mass is 10.1. The molecule has 1 aromatic carbocycles. The number of fused-ring (bicyclic) bond motifs is 1. The molecule has 1 fully saturated rings. The summed E-state index contributed by atoms with van der Waals surface area (Å²) in [4.78, 5) is 20.1. The number of hydrogen-bond donors (Lipinski definition) is 3. The Bertz CT molecular complexity index is 1270. The fourth-order valence-corrected chi connectivity index (χ4v) is 3.75. The largest absolute Gasteiger partial charge is 0.453 e. The summed E-state index contributed by atoms with van der Waals surface area (Å²) in [6, 6.07) is 1.03. The Morgan fingerprint density at radius 1 is 1.11 bits per heavy atom. The first-order valence-corrected chi connectivity index (χ1v) is 10.9. The first-order chi connectivity index (χ1) is 17.4. The predicted molar refractivity (Wildman–Crippen MR) is 117 cm³/mol. The number of pyridine rings is 1. The monoisotopic (exact) mass is 535 g/mol. The van der Waals surface area contributed by atoms with Gasteiger partial charge in [-0.1, -0.05) is 0 Å². The Balaban J connectivity index is 1.56. The van der Waals surface area contributed by atoms with Gasteiger partial charge < -0.3 is 25.1 Å². The zero-order valence-corrected chi connectivity index (χ0v) is 18.9. The zero-order chi connectivity index (χ0) is 26.8. The van der Waals surface area contributed by atoms with Gasteiger partial charge in [-0.15, -0.1) is 0 Å². The molecule has 3 aromatic rings. The molecule has 1 aliphatic rings. The molecule has 8 nitrogen and oxygen atoms in total. The van der Waals surface area contributed by atoms with Gasteiger partial charge in [0.05, 0.1) is 24.2 Å². The number of morpholine rings is 1. The van der Waals surface area contributed by atoms with E-state index < -0.39 is 57.9 Å². The number of ether oxygens (including phenoxy) is 2. The molecule has 1 aliphatic heterocycles. The second-order valence-corrected chi connectivity index (χ2v) is 8.00. The van der Waals surface area contributed by atoms with E-state index in [9.17, 15) is 35.5 Å². The SMILES string of the molecule is O=C(NCCN1CCOCC1)Nc1cc(F)c(Oc2ccnc3[nH]cc(C(F)(F)F)c23)c(C(F)(F)F)c1. The predicted octanol–water partition coefficient (Wildman–Crippen LogP) is 4.99. The van der Waals surface area contributed by atoms with E-state index in [4.69, 9.17) is 9.47 Å². The minimum atomic E-state index is -5.17. The second kappa shape index (κ2) is 10.4. The van der Waals surface area contributed by atoms with E-state index >= 15 is 0 Å². The summed E-state index contributed by atoms with van der Waals surface area (Å²) >= 11 is 0. The lowest BCUT2D eigenvalue weighted by Crippen LogP contribution is -2.42. The van der Waals surface area contributed by atoms with Gasteiger partial charge in [0, 0.05) is 50.3 Å². The molecule has 0 spiro atoms. The van der Waals surface area contributed by atoms with Crippen molar-refractivity contribution in [1.29, 1.82) is 0 Å². The molecule has 0 atom stereocenters. The molecule has 2 aromatic heterocycles. The smallest absolute Gasteiger partial charge is 0.420 e. The van der Waals surface area contributed by atoms with Crippen molar-refractivity contribution in [3.63, 3.8) is 0 Å². The molecular weight excluding hydrogens is 515 g/mol. The van der Waals surface area contributed by atoms with Crippen molar-refractivity contribution in [1.82, 2.24) is 20.2 Å². The van der Waals surface area contributed by atoms with Crippen LogP contribution >= 0.6 is 0 Å². The van der Waals surface area contributed by atoms with Gasteiger partial charge in [-0.25, -0.2) is 14.2 Å². The minimum absolute atomic E-state index is 0.178. The standard InChI is InChI=1S/C22H20F7N5O3/c23-15-10-12(33-20(35)31-3-4-34-5-7-36-8-6-34)9-13(21(24,25)26)18(15)37-16-1-2-30-19-17(16)14(11-32-19)22(27,28)29/h1-2,9-11H,3-8H2,(H,30,32)(H2,31,33,35). The van der Waals surface area contributed by atoms with Crippen LogP contribution in [-0.2, 0) is 17.1 Å². The lowest BCUT2D eigenvalue weighted by Gasteiger charge is -2.26. The molecule has 0 bridgehead atoms. The van der Waals surface area contributed by atoms with Crippen molar-refractivity contribution in [2.24, 2.45) is 0 Å². The molecule has 2 amide bonds. The van der Waals surface area contributed by atoms with Crippen LogP contribution in [0.2, 0.25) is 0 Å². The number of alkyl halides is 6. The number of benzene rings is 1. The van der Waals surface area contributed by atoms with Crippen LogP contribution in [0.4, 0.5) is 41.2 Å². The number of urea groups is 1. The lowest BCUT2D eigenvalue weighted by molar-refractivity contribution is -0.139. The van der Waals surface area contributed by atoms with E-state index in [-0.39, 0.29) is 12.2 Å². The summed E-state index contributed by atoms with van der Waals surface area (Å²) in [5, 5.41) is 3.93. The maximum absolute atomic E-state index is 14.9. The Labute approximate surface area is 204 Å². The second-order valence-electron chi connectivity index (χ2n) is 8.00. The summed E-state index contributed by atoms with van der Waals surface area (Å²) in [7, 11) is 0. The van der Waals surface area contributed by atoms with E-state index in [1.54, 1.807) is 0 Å². The number of anilines is 1. The number of nitrogens with zero attached hydrogens (tertiary/aromatic N) is 2.